The number of primary amides is 2. The summed E-state index contributed by atoms with van der Waals surface area (Å²) in [6, 6.07) is 7.24. The molecule has 2 aliphatic carbocycles. The van der Waals surface area contributed by atoms with Gasteiger partial charge < -0.3 is 35.3 Å². The van der Waals surface area contributed by atoms with Crippen LogP contribution in [0.25, 0.3) is 10.9 Å². The lowest BCUT2D eigenvalue weighted by molar-refractivity contribution is -0.138. The molecule has 6 rings (SSSR count). The van der Waals surface area contributed by atoms with E-state index >= 15 is 0 Å². The molecule has 4 aliphatic rings. The molecule has 48 heavy (non-hydrogen) atoms. The van der Waals surface area contributed by atoms with E-state index in [2.05, 4.69) is 4.90 Å². The molecule has 2 aliphatic heterocycles. The van der Waals surface area contributed by atoms with Crippen molar-refractivity contribution in [3.63, 3.8) is 0 Å². The van der Waals surface area contributed by atoms with Gasteiger partial charge >= 0.3 is 6.09 Å². The quantitative estimate of drug-likeness (QED) is 0.253. The van der Waals surface area contributed by atoms with Gasteiger partial charge in [0.1, 0.15) is 30.6 Å². The summed E-state index contributed by atoms with van der Waals surface area (Å²) in [5, 5.41) is 0.932. The number of para-hydroxylation sites is 1. The van der Waals surface area contributed by atoms with Crippen LogP contribution >= 0.6 is 0 Å². The second kappa shape index (κ2) is 16.2. The first-order valence-corrected chi connectivity index (χ1v) is 17.9. The SMILES string of the molecule is NC(=O)O[C@@H]1C[C@H]1CCCCCc1c(O[C@@H]2C[C@@H](C(N)=O)N(C(=O)CC3CCCC3)C2)nc2ccccc2c1OCCN1CCOCC1. The molecule has 0 bridgehead atoms. The van der Waals surface area contributed by atoms with Crippen molar-refractivity contribution in [3.05, 3.63) is 29.8 Å². The number of hydrogen-bond acceptors (Lipinski definition) is 9. The van der Waals surface area contributed by atoms with Gasteiger partial charge in [-0.15, -0.1) is 0 Å². The van der Waals surface area contributed by atoms with Crippen molar-refractivity contribution >= 4 is 28.8 Å². The maximum Gasteiger partial charge on any atom is 0.404 e. The number of nitrogens with two attached hydrogens (primary N) is 2. The summed E-state index contributed by atoms with van der Waals surface area (Å²) in [6.45, 7) is 4.82. The van der Waals surface area contributed by atoms with Gasteiger partial charge in [0, 0.05) is 37.9 Å². The van der Waals surface area contributed by atoms with Crippen molar-refractivity contribution in [1.29, 1.82) is 0 Å². The minimum absolute atomic E-state index is 0.0187. The van der Waals surface area contributed by atoms with E-state index in [0.717, 1.165) is 113 Å². The Bertz CT molecular complexity index is 1430. The Hall–Kier alpha value is -3.64. The number of likely N-dealkylation sites (tertiary alicyclic amines) is 1. The van der Waals surface area contributed by atoms with Crippen LogP contribution in [-0.2, 0) is 25.5 Å². The van der Waals surface area contributed by atoms with Gasteiger partial charge in [-0.25, -0.2) is 9.78 Å². The first-order chi connectivity index (χ1) is 23.4. The maximum atomic E-state index is 13.4. The average molecular weight is 666 g/mol. The Kier molecular flexibility index (Phi) is 11.5. The van der Waals surface area contributed by atoms with E-state index in [1.54, 1.807) is 4.90 Å². The predicted octanol–water partition coefficient (Wildman–Crippen LogP) is 3.95. The van der Waals surface area contributed by atoms with Crippen molar-refractivity contribution in [2.75, 3.05) is 46.0 Å². The minimum Gasteiger partial charge on any atom is -0.491 e. The number of morpholine rings is 1. The fourth-order valence-electron chi connectivity index (χ4n) is 7.65. The highest BCUT2D eigenvalue weighted by molar-refractivity contribution is 5.88. The average Bonchev–Trinajstić information content (AvgIpc) is 3.40. The van der Waals surface area contributed by atoms with Gasteiger partial charge in [-0.1, -0.05) is 37.8 Å². The summed E-state index contributed by atoms with van der Waals surface area (Å²) < 4.78 is 23.9. The first-order valence-electron chi connectivity index (χ1n) is 17.9. The highest BCUT2D eigenvalue weighted by Crippen LogP contribution is 2.40. The van der Waals surface area contributed by atoms with Crippen molar-refractivity contribution in [2.24, 2.45) is 23.3 Å². The summed E-state index contributed by atoms with van der Waals surface area (Å²) in [4.78, 5) is 45.9. The van der Waals surface area contributed by atoms with Gasteiger partial charge in [-0.3, -0.25) is 14.5 Å². The number of pyridine rings is 1. The third kappa shape index (κ3) is 8.87. The molecular formula is C36H51N5O7. The number of carbonyl (C=O) groups is 3. The van der Waals surface area contributed by atoms with E-state index in [4.69, 9.17) is 35.4 Å². The number of fused-ring (bicyclic) bond motifs is 1. The molecule has 0 spiro atoms. The fourth-order valence-corrected chi connectivity index (χ4v) is 7.65. The largest absolute Gasteiger partial charge is 0.491 e. The molecule has 4 fully saturated rings. The summed E-state index contributed by atoms with van der Waals surface area (Å²) in [5.74, 6) is 1.51. The number of hydrogen-bond donors (Lipinski definition) is 2. The lowest BCUT2D eigenvalue weighted by Crippen LogP contribution is -2.44. The number of rotatable bonds is 16. The van der Waals surface area contributed by atoms with Crippen LogP contribution in [0.1, 0.15) is 76.2 Å². The van der Waals surface area contributed by atoms with E-state index < -0.39 is 24.1 Å². The Morgan fingerprint density at radius 2 is 1.79 bits per heavy atom. The van der Waals surface area contributed by atoms with Gasteiger partial charge in [0.25, 0.3) is 0 Å². The van der Waals surface area contributed by atoms with Crippen LogP contribution in [0.15, 0.2) is 24.3 Å². The monoisotopic (exact) mass is 665 g/mol. The van der Waals surface area contributed by atoms with Gasteiger partial charge in [-0.05, 0) is 62.5 Å². The van der Waals surface area contributed by atoms with E-state index in [-0.39, 0.29) is 12.0 Å². The van der Waals surface area contributed by atoms with E-state index in [0.29, 0.717) is 50.1 Å². The summed E-state index contributed by atoms with van der Waals surface area (Å²) >= 11 is 0. The van der Waals surface area contributed by atoms with Crippen LogP contribution in [0.4, 0.5) is 4.79 Å². The van der Waals surface area contributed by atoms with Crippen molar-refractivity contribution in [1.82, 2.24) is 14.8 Å². The molecule has 0 unspecified atom stereocenters. The molecule has 262 valence electrons. The normalized spacial score (nSPS) is 24.5. The molecule has 4 N–H and O–H groups in total. The standard InChI is InChI=1S/C36H51N5O7/c37-34(43)30-22-26(23-41(30)32(42)20-24-8-4-5-9-24)47-35-28(12-3-1-2-10-25-21-31(25)48-36(38)44)33(27-11-6-7-13-29(27)39-35)46-19-16-40-14-17-45-18-15-40/h6-7,11,13,24-26,30-31H,1-5,8-10,12,14-23H2,(H2,37,43)(H2,38,44)/t25-,26-,30+,31-/m1/s1. The Labute approximate surface area is 282 Å². The number of amides is 3. The summed E-state index contributed by atoms with van der Waals surface area (Å²) in [7, 11) is 0. The fraction of sp³-hybridized carbons (Fsp3) is 0.667. The molecule has 3 heterocycles. The van der Waals surface area contributed by atoms with E-state index in [1.807, 2.05) is 24.3 Å². The molecule has 2 aromatic rings. The Balaban J connectivity index is 1.18. The molecule has 4 atom stereocenters. The summed E-state index contributed by atoms with van der Waals surface area (Å²) in [6.07, 6.45) is 9.50. The molecule has 1 aromatic carbocycles. The Morgan fingerprint density at radius 1 is 1.00 bits per heavy atom. The van der Waals surface area contributed by atoms with Gasteiger partial charge in [0.15, 0.2) is 0 Å². The van der Waals surface area contributed by atoms with Gasteiger partial charge in [0.05, 0.1) is 30.8 Å². The second-order valence-electron chi connectivity index (χ2n) is 13.9. The topological polar surface area (TPSA) is 160 Å². The highest BCUT2D eigenvalue weighted by atomic mass is 16.6. The molecule has 0 radical (unpaired) electrons. The zero-order chi connectivity index (χ0) is 33.5. The van der Waals surface area contributed by atoms with Gasteiger partial charge in [0.2, 0.25) is 17.7 Å². The third-order valence-electron chi connectivity index (χ3n) is 10.4. The molecule has 12 nitrogen and oxygen atoms in total. The highest BCUT2D eigenvalue weighted by Gasteiger charge is 2.41. The number of aromatic nitrogens is 1. The smallest absolute Gasteiger partial charge is 0.404 e. The molecule has 1 aromatic heterocycles. The van der Waals surface area contributed by atoms with E-state index in [1.165, 1.54) is 0 Å². The molecule has 3 amide bonds. The van der Waals surface area contributed by atoms with Crippen LogP contribution < -0.4 is 20.9 Å². The van der Waals surface area contributed by atoms with Crippen LogP contribution in [0.5, 0.6) is 11.6 Å². The lowest BCUT2D eigenvalue weighted by Gasteiger charge is -2.27. The molecule has 12 heteroatoms. The number of benzene rings is 1. The number of ether oxygens (including phenoxy) is 4. The number of nitrogens with zero attached hydrogens (tertiary/aromatic N) is 3. The van der Waals surface area contributed by atoms with Crippen LogP contribution in [0.3, 0.4) is 0 Å². The van der Waals surface area contributed by atoms with Crippen LogP contribution in [0.2, 0.25) is 0 Å². The second-order valence-corrected chi connectivity index (χ2v) is 13.9. The third-order valence-corrected chi connectivity index (χ3v) is 10.4. The molecule has 2 saturated carbocycles. The molecular weight excluding hydrogens is 614 g/mol. The van der Waals surface area contributed by atoms with E-state index in [9.17, 15) is 14.4 Å². The Morgan fingerprint density at radius 3 is 2.56 bits per heavy atom. The zero-order valence-corrected chi connectivity index (χ0v) is 28.0. The number of unbranched alkanes of at least 4 members (excludes halogenated alkanes) is 2. The first kappa shape index (κ1) is 34.2. The summed E-state index contributed by atoms with van der Waals surface area (Å²) in [5.41, 5.74) is 12.7. The van der Waals surface area contributed by atoms with Crippen molar-refractivity contribution in [3.8, 4) is 11.6 Å². The van der Waals surface area contributed by atoms with Crippen LogP contribution in [-0.4, -0.2) is 96.9 Å². The lowest BCUT2D eigenvalue weighted by atomic mass is 10.0. The van der Waals surface area contributed by atoms with Crippen molar-refractivity contribution < 1.29 is 33.3 Å². The predicted molar refractivity (Wildman–Crippen MR) is 180 cm³/mol. The number of carbonyl (C=O) groups excluding carboxylic acids is 3. The minimum atomic E-state index is -0.703. The molecule has 2 saturated heterocycles. The van der Waals surface area contributed by atoms with Crippen LogP contribution in [0, 0.1) is 11.8 Å². The zero-order valence-electron chi connectivity index (χ0n) is 28.0. The van der Waals surface area contributed by atoms with Gasteiger partial charge in [-0.2, -0.15) is 0 Å². The maximum absolute atomic E-state index is 13.4. The van der Waals surface area contributed by atoms with Crippen molar-refractivity contribution in [2.45, 2.75) is 95.3 Å².